The fourth-order valence-electron chi connectivity index (χ4n) is 2.59. The first kappa shape index (κ1) is 10.4. The lowest BCUT2D eigenvalue weighted by Gasteiger charge is -2.36. The van der Waals surface area contributed by atoms with E-state index < -0.39 is 0 Å². The monoisotopic (exact) mass is 207 g/mol. The minimum absolute atomic E-state index is 0.134. The summed E-state index contributed by atoms with van der Waals surface area (Å²) in [4.78, 5) is 14.0. The molecule has 2 aliphatic rings. The van der Waals surface area contributed by atoms with E-state index in [4.69, 9.17) is 5.26 Å². The Labute approximate surface area is 90.2 Å². The summed E-state index contributed by atoms with van der Waals surface area (Å²) < 4.78 is 0. The van der Waals surface area contributed by atoms with Crippen molar-refractivity contribution in [3.8, 4) is 6.07 Å². The third-order valence-corrected chi connectivity index (χ3v) is 3.39. The van der Waals surface area contributed by atoms with Crippen molar-refractivity contribution in [2.75, 3.05) is 13.1 Å². The average Bonchev–Trinajstić information content (AvgIpc) is 2.74. The molecule has 1 amide bonds. The Hall–Kier alpha value is -1.08. The standard InChI is InChI=1S/C11H17N3O/c12-6-5-10-11(15)14(8-7-13-10)9-3-1-2-4-9/h9-10,13H,1-5,7-8H2. The zero-order valence-corrected chi connectivity index (χ0v) is 8.91. The highest BCUT2D eigenvalue weighted by Gasteiger charge is 2.33. The van der Waals surface area contributed by atoms with Crippen LogP contribution < -0.4 is 5.32 Å². The zero-order valence-electron chi connectivity index (χ0n) is 8.91. The summed E-state index contributed by atoms with van der Waals surface area (Å²) in [6, 6.07) is 2.25. The molecule has 0 spiro atoms. The number of amides is 1. The molecular weight excluding hydrogens is 190 g/mol. The Morgan fingerprint density at radius 2 is 2.20 bits per heavy atom. The van der Waals surface area contributed by atoms with Crippen LogP contribution in [0.15, 0.2) is 0 Å². The summed E-state index contributed by atoms with van der Waals surface area (Å²) in [6.45, 7) is 1.64. The number of nitrogens with one attached hydrogen (secondary N) is 1. The van der Waals surface area contributed by atoms with Crippen molar-refractivity contribution in [3.63, 3.8) is 0 Å². The van der Waals surface area contributed by atoms with Gasteiger partial charge in [0.2, 0.25) is 5.91 Å². The first-order chi connectivity index (χ1) is 7.33. The molecule has 1 aliphatic heterocycles. The summed E-state index contributed by atoms with van der Waals surface area (Å²) in [5.74, 6) is 0.134. The van der Waals surface area contributed by atoms with Crippen molar-refractivity contribution in [2.45, 2.75) is 44.2 Å². The Morgan fingerprint density at radius 1 is 1.47 bits per heavy atom. The highest BCUT2D eigenvalue weighted by atomic mass is 16.2. The van der Waals surface area contributed by atoms with Crippen LogP contribution >= 0.6 is 0 Å². The van der Waals surface area contributed by atoms with Crippen LogP contribution in [0.2, 0.25) is 0 Å². The van der Waals surface area contributed by atoms with Gasteiger partial charge in [-0.05, 0) is 12.8 Å². The average molecular weight is 207 g/mol. The molecular formula is C11H17N3O. The van der Waals surface area contributed by atoms with Crippen LogP contribution in [0, 0.1) is 11.3 Å². The van der Waals surface area contributed by atoms with E-state index >= 15 is 0 Å². The number of piperazine rings is 1. The highest BCUT2D eigenvalue weighted by Crippen LogP contribution is 2.24. The van der Waals surface area contributed by atoms with Gasteiger partial charge in [0.05, 0.1) is 12.5 Å². The summed E-state index contributed by atoms with van der Waals surface area (Å²) in [5, 5.41) is 11.7. The van der Waals surface area contributed by atoms with Crippen LogP contribution in [-0.2, 0) is 4.79 Å². The second kappa shape index (κ2) is 4.63. The number of carbonyl (C=O) groups excluding carboxylic acids is 1. The number of carbonyl (C=O) groups is 1. The van der Waals surface area contributed by atoms with E-state index in [2.05, 4.69) is 11.4 Å². The number of rotatable bonds is 2. The lowest BCUT2D eigenvalue weighted by molar-refractivity contribution is -0.137. The van der Waals surface area contributed by atoms with Gasteiger partial charge in [0.25, 0.3) is 0 Å². The fraction of sp³-hybridized carbons (Fsp3) is 0.818. The maximum atomic E-state index is 12.0. The minimum Gasteiger partial charge on any atom is -0.337 e. The number of nitrogens with zero attached hydrogens (tertiary/aromatic N) is 2. The predicted octanol–water partition coefficient (Wildman–Crippen LogP) is 0.643. The molecule has 4 heteroatoms. The minimum atomic E-state index is -0.260. The van der Waals surface area contributed by atoms with E-state index in [0.29, 0.717) is 12.5 Å². The van der Waals surface area contributed by atoms with Crippen LogP contribution in [0.3, 0.4) is 0 Å². The molecule has 2 fully saturated rings. The zero-order chi connectivity index (χ0) is 10.7. The molecule has 1 aliphatic carbocycles. The Kier molecular flexibility index (Phi) is 3.22. The number of hydrogen-bond acceptors (Lipinski definition) is 3. The molecule has 1 atom stereocenters. The van der Waals surface area contributed by atoms with Gasteiger partial charge in [0.15, 0.2) is 0 Å². The molecule has 0 bridgehead atoms. The second-order valence-corrected chi connectivity index (χ2v) is 4.34. The van der Waals surface area contributed by atoms with Gasteiger partial charge >= 0.3 is 0 Å². The van der Waals surface area contributed by atoms with Crippen LogP contribution in [0.4, 0.5) is 0 Å². The molecule has 1 saturated carbocycles. The van der Waals surface area contributed by atoms with E-state index in [9.17, 15) is 4.79 Å². The first-order valence-electron chi connectivity index (χ1n) is 5.73. The van der Waals surface area contributed by atoms with Gasteiger partial charge in [-0.3, -0.25) is 4.79 Å². The first-order valence-corrected chi connectivity index (χ1v) is 5.73. The smallest absolute Gasteiger partial charge is 0.241 e. The topological polar surface area (TPSA) is 56.1 Å². The Bertz CT molecular complexity index is 278. The normalized spacial score (nSPS) is 28.1. The number of nitriles is 1. The molecule has 4 nitrogen and oxygen atoms in total. The van der Waals surface area contributed by atoms with Gasteiger partial charge in [0.1, 0.15) is 6.04 Å². The van der Waals surface area contributed by atoms with Gasteiger partial charge in [-0.2, -0.15) is 5.26 Å². The largest absolute Gasteiger partial charge is 0.337 e. The third-order valence-electron chi connectivity index (χ3n) is 3.39. The summed E-state index contributed by atoms with van der Waals surface area (Å²) in [7, 11) is 0. The van der Waals surface area contributed by atoms with Crippen molar-refractivity contribution in [1.82, 2.24) is 10.2 Å². The number of hydrogen-bond donors (Lipinski definition) is 1. The molecule has 0 aromatic carbocycles. The van der Waals surface area contributed by atoms with Crippen LogP contribution in [0.25, 0.3) is 0 Å². The molecule has 1 N–H and O–H groups in total. The van der Waals surface area contributed by atoms with Crippen molar-refractivity contribution in [3.05, 3.63) is 0 Å². The molecule has 2 rings (SSSR count). The van der Waals surface area contributed by atoms with Gasteiger partial charge in [-0.15, -0.1) is 0 Å². The quantitative estimate of drug-likeness (QED) is 0.723. The summed E-state index contributed by atoms with van der Waals surface area (Å²) in [5.41, 5.74) is 0. The predicted molar refractivity (Wildman–Crippen MR) is 56.0 cm³/mol. The maximum Gasteiger partial charge on any atom is 0.241 e. The lowest BCUT2D eigenvalue weighted by atomic mass is 10.1. The highest BCUT2D eigenvalue weighted by molar-refractivity contribution is 5.83. The Morgan fingerprint density at radius 3 is 2.87 bits per heavy atom. The van der Waals surface area contributed by atoms with Crippen molar-refractivity contribution in [1.29, 1.82) is 5.26 Å². The van der Waals surface area contributed by atoms with Crippen LogP contribution in [0.5, 0.6) is 0 Å². The Balaban J connectivity index is 1.99. The molecule has 1 unspecified atom stereocenters. The van der Waals surface area contributed by atoms with E-state index in [0.717, 1.165) is 25.9 Å². The summed E-state index contributed by atoms with van der Waals surface area (Å²) >= 11 is 0. The van der Waals surface area contributed by atoms with Gasteiger partial charge in [-0.25, -0.2) is 0 Å². The third kappa shape index (κ3) is 2.13. The van der Waals surface area contributed by atoms with Crippen molar-refractivity contribution in [2.24, 2.45) is 0 Å². The molecule has 0 aromatic heterocycles. The molecule has 82 valence electrons. The second-order valence-electron chi connectivity index (χ2n) is 4.34. The lowest BCUT2D eigenvalue weighted by Crippen LogP contribution is -2.57. The molecule has 0 radical (unpaired) electrons. The molecule has 15 heavy (non-hydrogen) atoms. The molecule has 1 saturated heterocycles. The van der Waals surface area contributed by atoms with Gasteiger partial charge in [-0.1, -0.05) is 12.8 Å². The molecule has 1 heterocycles. The van der Waals surface area contributed by atoms with Crippen LogP contribution in [0.1, 0.15) is 32.1 Å². The van der Waals surface area contributed by atoms with Crippen molar-refractivity contribution >= 4 is 5.91 Å². The SMILES string of the molecule is N#CCC1NCCN(C2CCCC2)C1=O. The van der Waals surface area contributed by atoms with Crippen molar-refractivity contribution < 1.29 is 4.79 Å². The van der Waals surface area contributed by atoms with E-state index in [1.165, 1.54) is 12.8 Å². The fourth-order valence-corrected chi connectivity index (χ4v) is 2.59. The van der Waals surface area contributed by atoms with E-state index in [1.54, 1.807) is 0 Å². The van der Waals surface area contributed by atoms with Crippen LogP contribution in [-0.4, -0.2) is 36.0 Å². The van der Waals surface area contributed by atoms with E-state index in [1.807, 2.05) is 4.90 Å². The van der Waals surface area contributed by atoms with Gasteiger partial charge in [0, 0.05) is 19.1 Å². The molecule has 0 aromatic rings. The maximum absolute atomic E-state index is 12.0. The van der Waals surface area contributed by atoms with E-state index in [-0.39, 0.29) is 11.9 Å². The summed E-state index contributed by atoms with van der Waals surface area (Å²) in [6.07, 6.45) is 5.06. The van der Waals surface area contributed by atoms with Gasteiger partial charge < -0.3 is 10.2 Å².